The predicted octanol–water partition coefficient (Wildman–Crippen LogP) is 4.03. The van der Waals surface area contributed by atoms with Crippen molar-refractivity contribution in [2.45, 2.75) is 31.2 Å². The van der Waals surface area contributed by atoms with Gasteiger partial charge in [0.1, 0.15) is 13.2 Å². The number of aromatic hydroxyl groups is 2. The van der Waals surface area contributed by atoms with Gasteiger partial charge in [-0.25, -0.2) is 14.4 Å². The van der Waals surface area contributed by atoms with Crippen LogP contribution in [0.15, 0.2) is 73.3 Å². The molecule has 1 atom stereocenters. The lowest BCUT2D eigenvalue weighted by Gasteiger charge is -2.20. The van der Waals surface area contributed by atoms with Crippen LogP contribution >= 0.6 is 0 Å². The van der Waals surface area contributed by atoms with Gasteiger partial charge in [0.15, 0.2) is 0 Å². The average molecular weight is 579 g/mol. The highest BCUT2D eigenvalue weighted by atomic mass is 16.7. The minimum absolute atomic E-state index is 0.0272. The Labute approximate surface area is 242 Å². The van der Waals surface area contributed by atoms with Crippen LogP contribution in [0.1, 0.15) is 36.3 Å². The van der Waals surface area contributed by atoms with E-state index >= 15 is 0 Å². The van der Waals surface area contributed by atoms with E-state index in [1.807, 2.05) is 36.4 Å². The molecule has 0 aliphatic heterocycles. The number of hydrogen-bond acceptors (Lipinski definition) is 8. The number of fused-ring (bicyclic) bond motifs is 3. The van der Waals surface area contributed by atoms with E-state index < -0.39 is 36.1 Å². The first kappa shape index (κ1) is 29.8. The molecule has 0 radical (unpaired) electrons. The number of carbonyl (C=O) groups is 3. The van der Waals surface area contributed by atoms with Gasteiger partial charge in [0.2, 0.25) is 11.8 Å². The fourth-order valence-corrected chi connectivity index (χ4v) is 4.74. The van der Waals surface area contributed by atoms with Crippen LogP contribution in [-0.4, -0.2) is 65.6 Å². The summed E-state index contributed by atoms with van der Waals surface area (Å²) in [6.07, 6.45) is 0.924. The van der Waals surface area contributed by atoms with Gasteiger partial charge in [-0.15, -0.1) is 4.73 Å². The Morgan fingerprint density at radius 2 is 1.50 bits per heavy atom. The van der Waals surface area contributed by atoms with Crippen LogP contribution < -0.4 is 20.8 Å². The Morgan fingerprint density at radius 1 is 0.857 bits per heavy atom. The monoisotopic (exact) mass is 578 g/mol. The molecule has 5 N–H and O–H groups in total. The number of benzene rings is 2. The minimum Gasteiger partial charge on any atom is -0.492 e. The number of amides is 3. The molecule has 1 aliphatic carbocycles. The summed E-state index contributed by atoms with van der Waals surface area (Å²) in [4.78, 5) is 41.7. The topological polar surface area (TPSA) is 160 Å². The van der Waals surface area contributed by atoms with E-state index in [1.165, 1.54) is 6.08 Å². The maximum absolute atomic E-state index is 12.9. The third kappa shape index (κ3) is 7.74. The number of ether oxygens (including phenoxy) is 2. The van der Waals surface area contributed by atoms with Crippen molar-refractivity contribution in [2.24, 2.45) is 0 Å². The number of hydrogen-bond donors (Lipinski definition) is 5. The van der Waals surface area contributed by atoms with Crippen molar-refractivity contribution in [1.29, 1.82) is 0 Å². The molecule has 2 aromatic carbocycles. The second kappa shape index (κ2) is 14.5. The van der Waals surface area contributed by atoms with Gasteiger partial charge in [-0.1, -0.05) is 61.2 Å². The first-order valence-electron chi connectivity index (χ1n) is 13.6. The SMILES string of the molecule is C=CCOC(=O)NCCCC[C@@H](CNC(=O)On1c(O)ccc1O)NC(=O)OCC1c2ccccc2-c2ccccc21. The van der Waals surface area contributed by atoms with Crippen molar-refractivity contribution in [2.75, 3.05) is 26.3 Å². The van der Waals surface area contributed by atoms with Crippen LogP contribution in [0.2, 0.25) is 0 Å². The van der Waals surface area contributed by atoms with Crippen LogP contribution in [0.5, 0.6) is 11.8 Å². The van der Waals surface area contributed by atoms with Crippen molar-refractivity contribution >= 4 is 18.3 Å². The van der Waals surface area contributed by atoms with Gasteiger partial charge in [-0.05, 0) is 41.5 Å². The first-order chi connectivity index (χ1) is 20.4. The van der Waals surface area contributed by atoms with Crippen LogP contribution in [0.4, 0.5) is 14.4 Å². The second-order valence-electron chi connectivity index (χ2n) is 9.58. The Kier molecular flexibility index (Phi) is 10.3. The molecule has 0 unspecified atom stereocenters. The lowest BCUT2D eigenvalue weighted by atomic mass is 9.98. The smallest absolute Gasteiger partial charge is 0.432 e. The number of carbonyl (C=O) groups excluding carboxylic acids is 3. The second-order valence-corrected chi connectivity index (χ2v) is 9.58. The maximum atomic E-state index is 12.9. The zero-order valence-corrected chi connectivity index (χ0v) is 23.0. The van der Waals surface area contributed by atoms with Gasteiger partial charge in [0, 0.05) is 37.2 Å². The molecular weight excluding hydrogens is 544 g/mol. The van der Waals surface area contributed by atoms with Gasteiger partial charge in [0.25, 0.3) is 0 Å². The first-order valence-corrected chi connectivity index (χ1v) is 13.6. The van der Waals surface area contributed by atoms with E-state index in [0.29, 0.717) is 30.5 Å². The van der Waals surface area contributed by atoms with Gasteiger partial charge in [-0.2, -0.15) is 0 Å². The molecule has 0 spiro atoms. The number of aromatic nitrogens is 1. The highest BCUT2D eigenvalue weighted by Gasteiger charge is 2.29. The Bertz CT molecular complexity index is 1340. The van der Waals surface area contributed by atoms with Crippen molar-refractivity contribution in [3.8, 4) is 22.9 Å². The standard InChI is InChI=1S/C30H34N4O8/c1-2-17-40-28(37)31-16-8-7-9-20(18-32-29(38)42-34-26(35)14-15-27(34)36)33-30(39)41-19-25-23-12-5-3-10-21(23)22-11-4-6-13-24(22)25/h2-6,10-15,20,25,35-36H,1,7-9,16-19H2,(H,31,37)(H,32,38)(H,33,39)/t20-/m0/s1. The third-order valence-corrected chi connectivity index (χ3v) is 6.71. The van der Waals surface area contributed by atoms with E-state index in [9.17, 15) is 24.6 Å². The number of unbranched alkanes of at least 4 members (excludes halogenated alkanes) is 1. The van der Waals surface area contributed by atoms with Gasteiger partial charge >= 0.3 is 18.3 Å². The van der Waals surface area contributed by atoms with Crippen molar-refractivity contribution in [1.82, 2.24) is 20.7 Å². The number of rotatable bonds is 13. The van der Waals surface area contributed by atoms with Gasteiger partial charge in [0.05, 0.1) is 0 Å². The normalized spacial score (nSPS) is 12.4. The van der Waals surface area contributed by atoms with Crippen LogP contribution in [0.3, 0.4) is 0 Å². The van der Waals surface area contributed by atoms with E-state index in [2.05, 4.69) is 34.7 Å². The molecular formula is C30H34N4O8. The van der Waals surface area contributed by atoms with Crippen LogP contribution in [0.25, 0.3) is 11.1 Å². The molecule has 0 bridgehead atoms. The van der Waals surface area contributed by atoms with Gasteiger partial charge in [-0.3, -0.25) is 0 Å². The number of nitrogens with one attached hydrogen (secondary N) is 3. The molecule has 3 aromatic rings. The summed E-state index contributed by atoms with van der Waals surface area (Å²) < 4.78 is 11.1. The Morgan fingerprint density at radius 3 is 2.14 bits per heavy atom. The molecule has 0 fully saturated rings. The van der Waals surface area contributed by atoms with E-state index in [4.69, 9.17) is 14.3 Å². The lowest BCUT2D eigenvalue weighted by Crippen LogP contribution is -2.45. The summed E-state index contributed by atoms with van der Waals surface area (Å²) in [5.41, 5.74) is 4.40. The maximum Gasteiger partial charge on any atom is 0.432 e. The lowest BCUT2D eigenvalue weighted by molar-refractivity contribution is 0.106. The van der Waals surface area contributed by atoms with E-state index in [1.54, 1.807) is 0 Å². The quantitative estimate of drug-likeness (QED) is 0.150. The summed E-state index contributed by atoms with van der Waals surface area (Å²) in [6.45, 7) is 4.05. The fraction of sp³-hybridized carbons (Fsp3) is 0.300. The number of nitrogens with zero attached hydrogens (tertiary/aromatic N) is 1. The molecule has 3 amide bonds. The Hall–Kier alpha value is -5.13. The predicted molar refractivity (Wildman–Crippen MR) is 153 cm³/mol. The zero-order valence-electron chi connectivity index (χ0n) is 23.0. The molecule has 42 heavy (non-hydrogen) atoms. The van der Waals surface area contributed by atoms with Crippen molar-refractivity contribution in [3.05, 3.63) is 84.4 Å². The van der Waals surface area contributed by atoms with Crippen molar-refractivity contribution in [3.63, 3.8) is 0 Å². The van der Waals surface area contributed by atoms with Crippen LogP contribution in [-0.2, 0) is 9.47 Å². The van der Waals surface area contributed by atoms with E-state index in [-0.39, 0.29) is 25.7 Å². The molecule has 0 saturated heterocycles. The molecule has 0 saturated carbocycles. The summed E-state index contributed by atoms with van der Waals surface area (Å²) in [5.74, 6) is -1.03. The summed E-state index contributed by atoms with van der Waals surface area (Å²) >= 11 is 0. The highest BCUT2D eigenvalue weighted by Crippen LogP contribution is 2.44. The Balaban J connectivity index is 1.31. The largest absolute Gasteiger partial charge is 0.492 e. The molecule has 1 aliphatic rings. The van der Waals surface area contributed by atoms with E-state index in [0.717, 1.165) is 34.4 Å². The number of alkyl carbamates (subject to hydrolysis) is 2. The van der Waals surface area contributed by atoms with Crippen LogP contribution in [0, 0.1) is 0 Å². The molecule has 4 rings (SSSR count). The van der Waals surface area contributed by atoms with Crippen molar-refractivity contribution < 1.29 is 38.9 Å². The molecule has 12 heteroatoms. The zero-order chi connectivity index (χ0) is 29.9. The molecule has 1 heterocycles. The molecule has 222 valence electrons. The molecule has 12 nitrogen and oxygen atoms in total. The average Bonchev–Trinajstić information content (AvgIpc) is 3.49. The fourth-order valence-electron chi connectivity index (χ4n) is 4.74. The van der Waals surface area contributed by atoms with Gasteiger partial charge < -0.3 is 40.5 Å². The summed E-state index contributed by atoms with van der Waals surface area (Å²) in [6, 6.07) is 17.8. The minimum atomic E-state index is -0.956. The highest BCUT2D eigenvalue weighted by molar-refractivity contribution is 5.79. The summed E-state index contributed by atoms with van der Waals surface area (Å²) in [5, 5.41) is 27.3. The summed E-state index contributed by atoms with van der Waals surface area (Å²) in [7, 11) is 0. The third-order valence-electron chi connectivity index (χ3n) is 6.71. The molecule has 1 aromatic heterocycles.